The number of hydrogen-bond donors (Lipinski definition) is 1. The van der Waals surface area contributed by atoms with Crippen LogP contribution in [-0.4, -0.2) is 31.4 Å². The largest absolute Gasteiger partial charge is 0.325 e. The Morgan fingerprint density at radius 1 is 1.31 bits per heavy atom. The number of anilines is 1. The molecule has 0 aliphatic heterocycles. The number of tetrazole rings is 1. The van der Waals surface area contributed by atoms with E-state index >= 15 is 0 Å². The number of nitrogens with one attached hydrogen (secondary N) is 1. The Labute approximate surface area is 159 Å². The minimum absolute atomic E-state index is 0.0216. The highest BCUT2D eigenvalue weighted by atomic mass is 32.2. The predicted molar refractivity (Wildman–Crippen MR) is 104 cm³/mol. The van der Waals surface area contributed by atoms with Crippen molar-refractivity contribution < 1.29 is 4.79 Å². The summed E-state index contributed by atoms with van der Waals surface area (Å²) in [5, 5.41) is 15.7. The van der Waals surface area contributed by atoms with E-state index in [1.165, 1.54) is 30.2 Å². The van der Waals surface area contributed by atoms with Crippen LogP contribution in [0.2, 0.25) is 0 Å². The van der Waals surface area contributed by atoms with E-state index in [0.717, 1.165) is 30.1 Å². The molecular weight excluding hydrogens is 346 g/mol. The Bertz CT molecular complexity index is 741. The molecule has 1 aromatic heterocycles. The molecule has 1 aliphatic rings. The molecule has 1 amide bonds. The molecular formula is C19H27N5OS. The van der Waals surface area contributed by atoms with Crippen LogP contribution in [0.3, 0.4) is 0 Å². The maximum absolute atomic E-state index is 12.7. The molecule has 0 bridgehead atoms. The van der Waals surface area contributed by atoms with E-state index in [-0.39, 0.29) is 11.2 Å². The SMILES string of the molecule is CCC(C)c1ccccc1NC(=O)C(C)Sc1nnnn1C1CCCC1. The van der Waals surface area contributed by atoms with E-state index < -0.39 is 0 Å². The van der Waals surface area contributed by atoms with Crippen LogP contribution < -0.4 is 5.32 Å². The van der Waals surface area contributed by atoms with E-state index in [2.05, 4.69) is 40.8 Å². The van der Waals surface area contributed by atoms with Crippen LogP contribution in [0.15, 0.2) is 29.4 Å². The van der Waals surface area contributed by atoms with Crippen molar-refractivity contribution in [2.45, 2.75) is 75.2 Å². The van der Waals surface area contributed by atoms with Crippen molar-refractivity contribution in [1.29, 1.82) is 0 Å². The van der Waals surface area contributed by atoms with Gasteiger partial charge in [-0.05, 0) is 54.2 Å². The van der Waals surface area contributed by atoms with E-state index in [4.69, 9.17) is 0 Å². The average molecular weight is 374 g/mol. The van der Waals surface area contributed by atoms with Gasteiger partial charge < -0.3 is 5.32 Å². The number of rotatable bonds is 7. The molecule has 3 rings (SSSR count). The lowest BCUT2D eigenvalue weighted by Crippen LogP contribution is -2.24. The number of carbonyl (C=O) groups excluding carboxylic acids is 1. The van der Waals surface area contributed by atoms with Crippen molar-refractivity contribution in [2.75, 3.05) is 5.32 Å². The number of thioether (sulfide) groups is 1. The first-order chi connectivity index (χ1) is 12.6. The number of hydrogen-bond acceptors (Lipinski definition) is 5. The topological polar surface area (TPSA) is 72.7 Å². The summed E-state index contributed by atoms with van der Waals surface area (Å²) in [6.07, 6.45) is 5.70. The first kappa shape index (κ1) is 18.9. The summed E-state index contributed by atoms with van der Waals surface area (Å²) in [4.78, 5) is 12.7. The standard InChI is InChI=1S/C19H27N5OS/c1-4-13(2)16-11-7-8-12-17(16)20-18(25)14(3)26-19-21-22-23-24(19)15-9-5-6-10-15/h7-8,11-15H,4-6,9-10H2,1-3H3,(H,20,25). The van der Waals surface area contributed by atoms with Gasteiger partial charge in [0.1, 0.15) is 0 Å². The quantitative estimate of drug-likeness (QED) is 0.727. The third-order valence-electron chi connectivity index (χ3n) is 5.15. The lowest BCUT2D eigenvalue weighted by atomic mass is 9.97. The monoisotopic (exact) mass is 373 g/mol. The van der Waals surface area contributed by atoms with Gasteiger partial charge in [-0.1, -0.05) is 56.7 Å². The average Bonchev–Trinajstić information content (AvgIpc) is 3.32. The van der Waals surface area contributed by atoms with Crippen molar-refractivity contribution in [3.63, 3.8) is 0 Å². The number of benzene rings is 1. The van der Waals surface area contributed by atoms with Crippen molar-refractivity contribution in [1.82, 2.24) is 20.2 Å². The normalized spacial score (nSPS) is 17.2. The molecule has 6 nitrogen and oxygen atoms in total. The molecule has 1 aromatic carbocycles. The summed E-state index contributed by atoms with van der Waals surface area (Å²) in [6.45, 7) is 6.24. The van der Waals surface area contributed by atoms with Gasteiger partial charge in [-0.2, -0.15) is 0 Å². The summed E-state index contributed by atoms with van der Waals surface area (Å²) in [5.41, 5.74) is 2.08. The number of amides is 1. The fourth-order valence-electron chi connectivity index (χ4n) is 3.35. The van der Waals surface area contributed by atoms with Gasteiger partial charge in [0.25, 0.3) is 0 Å². The molecule has 7 heteroatoms. The number of nitrogens with zero attached hydrogens (tertiary/aromatic N) is 4. The van der Waals surface area contributed by atoms with Crippen LogP contribution in [0.5, 0.6) is 0 Å². The first-order valence-electron chi connectivity index (χ1n) is 9.44. The molecule has 2 aromatic rings. The minimum atomic E-state index is -0.272. The Hall–Kier alpha value is -1.89. The smallest absolute Gasteiger partial charge is 0.237 e. The van der Waals surface area contributed by atoms with Crippen molar-refractivity contribution in [3.05, 3.63) is 29.8 Å². The lowest BCUT2D eigenvalue weighted by molar-refractivity contribution is -0.115. The Morgan fingerprint density at radius 3 is 2.77 bits per heavy atom. The second kappa shape index (κ2) is 8.66. The van der Waals surface area contributed by atoms with Gasteiger partial charge >= 0.3 is 0 Å². The first-order valence-corrected chi connectivity index (χ1v) is 10.3. The van der Waals surface area contributed by atoms with Crippen LogP contribution in [0.4, 0.5) is 5.69 Å². The number of carbonyl (C=O) groups is 1. The lowest BCUT2D eigenvalue weighted by Gasteiger charge is -2.18. The molecule has 1 fully saturated rings. The molecule has 1 aliphatic carbocycles. The molecule has 0 radical (unpaired) electrons. The van der Waals surface area contributed by atoms with E-state index in [0.29, 0.717) is 12.0 Å². The van der Waals surface area contributed by atoms with Crippen LogP contribution in [-0.2, 0) is 4.79 Å². The van der Waals surface area contributed by atoms with Crippen molar-refractivity contribution >= 4 is 23.4 Å². The summed E-state index contributed by atoms with van der Waals surface area (Å²) < 4.78 is 1.90. The molecule has 0 saturated heterocycles. The van der Waals surface area contributed by atoms with Gasteiger partial charge in [-0.25, -0.2) is 4.68 Å². The van der Waals surface area contributed by atoms with Gasteiger partial charge in [0, 0.05) is 5.69 Å². The zero-order valence-corrected chi connectivity index (χ0v) is 16.5. The zero-order chi connectivity index (χ0) is 18.5. The Morgan fingerprint density at radius 2 is 2.04 bits per heavy atom. The van der Waals surface area contributed by atoms with E-state index in [9.17, 15) is 4.79 Å². The number of para-hydroxylation sites is 1. The molecule has 2 unspecified atom stereocenters. The van der Waals surface area contributed by atoms with Crippen LogP contribution in [0.1, 0.15) is 70.4 Å². The highest BCUT2D eigenvalue weighted by Gasteiger charge is 2.25. The summed E-state index contributed by atoms with van der Waals surface area (Å²) >= 11 is 1.43. The van der Waals surface area contributed by atoms with Gasteiger partial charge in [-0.15, -0.1) is 5.10 Å². The molecule has 1 saturated carbocycles. The van der Waals surface area contributed by atoms with Crippen molar-refractivity contribution in [2.24, 2.45) is 0 Å². The zero-order valence-electron chi connectivity index (χ0n) is 15.7. The molecule has 0 spiro atoms. The molecule has 140 valence electrons. The van der Waals surface area contributed by atoms with Crippen molar-refractivity contribution in [3.8, 4) is 0 Å². The third-order valence-corrected chi connectivity index (χ3v) is 6.19. The molecule has 26 heavy (non-hydrogen) atoms. The number of aromatic nitrogens is 4. The third kappa shape index (κ3) is 4.26. The summed E-state index contributed by atoms with van der Waals surface area (Å²) in [6, 6.07) is 8.40. The molecule has 1 N–H and O–H groups in total. The van der Waals surface area contributed by atoms with E-state index in [1.54, 1.807) is 0 Å². The second-order valence-electron chi connectivity index (χ2n) is 6.99. The van der Waals surface area contributed by atoms with Gasteiger partial charge in [0.15, 0.2) is 0 Å². The fourth-order valence-corrected chi connectivity index (χ4v) is 4.21. The highest BCUT2D eigenvalue weighted by Crippen LogP contribution is 2.33. The van der Waals surface area contributed by atoms with Crippen LogP contribution >= 0.6 is 11.8 Å². The predicted octanol–water partition coefficient (Wildman–Crippen LogP) is 4.42. The minimum Gasteiger partial charge on any atom is -0.325 e. The second-order valence-corrected chi connectivity index (χ2v) is 8.30. The van der Waals surface area contributed by atoms with Crippen LogP contribution in [0, 0.1) is 0 Å². The van der Waals surface area contributed by atoms with Gasteiger partial charge in [0.05, 0.1) is 11.3 Å². The summed E-state index contributed by atoms with van der Waals surface area (Å²) in [5.74, 6) is 0.385. The molecule has 1 heterocycles. The van der Waals surface area contributed by atoms with E-state index in [1.807, 2.05) is 29.8 Å². The van der Waals surface area contributed by atoms with Gasteiger partial charge in [0.2, 0.25) is 11.1 Å². The Balaban J connectivity index is 1.67. The summed E-state index contributed by atoms with van der Waals surface area (Å²) in [7, 11) is 0. The molecule has 2 atom stereocenters. The maximum atomic E-state index is 12.7. The van der Waals surface area contributed by atoms with Gasteiger partial charge in [-0.3, -0.25) is 4.79 Å². The Kier molecular flexibility index (Phi) is 6.29. The fraction of sp³-hybridized carbons (Fsp3) is 0.579. The van der Waals surface area contributed by atoms with Crippen LogP contribution in [0.25, 0.3) is 0 Å². The maximum Gasteiger partial charge on any atom is 0.237 e. The highest BCUT2D eigenvalue weighted by molar-refractivity contribution is 8.00.